The van der Waals surface area contributed by atoms with Crippen molar-refractivity contribution in [1.29, 1.82) is 0 Å². The SMILES string of the molecule is CC(C)[C@H](CC(=O)COCCOCCNC(=O)COCCOCCCC(=O)COCCOCCNC(=O)COCCOCCCC(=S)Nc1ccc(-c2c3ccc(=O)cc-3oc3cc(O)ccc23)c(OC=O)c1)C(=O)N[C@@H](C)C(=O)Cc1ccc(CSP2(=O)OC[C@H]3O[C@@H](n4cnc5c(N)ncnc54)[C@H](F)[C@@H]3OP(=O)(O)OC[C@H]3O[C@@H](n4cnc5c(=O)[nH]cnc54)[C@H](F)[C@@H]3O2)cc1. The summed E-state index contributed by atoms with van der Waals surface area (Å²) in [6.45, 7) is 0.843. The predicted octanol–water partition coefficient (Wildman–Crippen LogP) is 6.87. The lowest BCUT2D eigenvalue weighted by Gasteiger charge is -2.29. The normalized spacial score (nSPS) is 20.9. The monoisotopic (exact) mass is 1920 g/mol. The van der Waals surface area contributed by atoms with E-state index in [9.17, 15) is 57.7 Å². The number of phosphoric acid groups is 1. The fourth-order valence-corrected chi connectivity index (χ4v) is 18.7. The Bertz CT molecular complexity index is 5670. The number of hydrogen-bond donors (Lipinski definition) is 8. The summed E-state index contributed by atoms with van der Waals surface area (Å²) in [5.74, 6) is -2.85. The number of aromatic hydroxyl groups is 1. The molecule has 2 unspecified atom stereocenters. The molecule has 12 rings (SSSR count). The van der Waals surface area contributed by atoms with Crippen LogP contribution in [0.25, 0.3) is 55.7 Å². The Labute approximate surface area is 761 Å². The number of benzene rings is 4. The Kier molecular flexibility index (Phi) is 37.4. The molecule has 9 N–H and O–H groups in total. The molecule has 712 valence electrons. The molecule has 0 radical (unpaired) electrons. The van der Waals surface area contributed by atoms with Gasteiger partial charge in [0.15, 0.2) is 70.2 Å². The molecule has 4 aliphatic heterocycles. The number of phenolic OH excluding ortho intramolecular Hbond substituents is 1. The summed E-state index contributed by atoms with van der Waals surface area (Å²) in [7, 11) is -5.29. The second-order valence-corrected chi connectivity index (χ2v) is 36.7. The lowest BCUT2D eigenvalue weighted by Crippen LogP contribution is -2.44. The molecular weight excluding hydrogens is 1820 g/mol. The van der Waals surface area contributed by atoms with Gasteiger partial charge >= 0.3 is 14.6 Å². The van der Waals surface area contributed by atoms with E-state index < -0.39 is 100 Å². The second-order valence-electron chi connectivity index (χ2n) is 30.8. The number of phenols is 1. The number of ketones is 3. The van der Waals surface area contributed by atoms with Crippen molar-refractivity contribution < 1.29 is 136 Å². The van der Waals surface area contributed by atoms with Gasteiger partial charge in [-0.1, -0.05) is 50.3 Å². The van der Waals surface area contributed by atoms with Gasteiger partial charge in [0.1, 0.15) is 85.5 Å². The lowest BCUT2D eigenvalue weighted by atomic mass is 9.89. The molecule has 3 saturated heterocycles. The van der Waals surface area contributed by atoms with Crippen LogP contribution in [-0.2, 0) is 120 Å². The average molecular weight is 1920 g/mol. The predicted molar refractivity (Wildman–Crippen MR) is 472 cm³/mol. The Morgan fingerprint density at radius 2 is 1.25 bits per heavy atom. The van der Waals surface area contributed by atoms with Gasteiger partial charge in [0.2, 0.25) is 17.7 Å². The molecule has 1 aliphatic carbocycles. The van der Waals surface area contributed by atoms with Gasteiger partial charge in [-0.25, -0.2) is 42.8 Å². The zero-order valence-electron chi connectivity index (χ0n) is 71.9. The van der Waals surface area contributed by atoms with Crippen molar-refractivity contribution in [3.63, 3.8) is 0 Å². The number of hydrogen-bond acceptors (Lipinski definition) is 36. The molecule has 4 aromatic heterocycles. The Balaban J connectivity index is 0.452. The molecule has 3 aromatic carbocycles. The maximum atomic E-state index is 17.0. The topological polar surface area (TPSA) is 544 Å². The zero-order chi connectivity index (χ0) is 93.9. The number of amides is 3. The molecular formula is C84H101F2N13O29P2S2. The second kappa shape index (κ2) is 49.1. The number of alkyl halides is 2. The van der Waals surface area contributed by atoms with Crippen molar-refractivity contribution in [1.82, 2.24) is 55.0 Å². The first-order chi connectivity index (χ1) is 63.6. The van der Waals surface area contributed by atoms with Crippen LogP contribution in [0.1, 0.15) is 76.5 Å². The number of phosphoric ester groups is 1. The first kappa shape index (κ1) is 101. The molecule has 3 amide bonds. The van der Waals surface area contributed by atoms with E-state index in [4.69, 9.17) is 92.6 Å². The quantitative estimate of drug-likeness (QED) is 0.00633. The van der Waals surface area contributed by atoms with Gasteiger partial charge in [0.05, 0.1) is 109 Å². The van der Waals surface area contributed by atoms with Crippen LogP contribution >= 0.6 is 38.2 Å². The number of nitrogen functional groups attached to an aromatic ring is 1. The molecule has 5 aliphatic rings. The van der Waals surface area contributed by atoms with Crippen LogP contribution in [0, 0.1) is 11.8 Å². The number of rotatable bonds is 51. The van der Waals surface area contributed by atoms with E-state index in [1.165, 1.54) is 31.2 Å². The summed E-state index contributed by atoms with van der Waals surface area (Å²) in [6.07, 6.45) is -9.11. The minimum atomic E-state index is -5.29. The number of anilines is 2. The summed E-state index contributed by atoms with van der Waals surface area (Å²) in [4.78, 5) is 148. The summed E-state index contributed by atoms with van der Waals surface area (Å²) < 4.78 is 155. The van der Waals surface area contributed by atoms with Gasteiger partial charge in [0.25, 0.3) is 12.0 Å². The van der Waals surface area contributed by atoms with Crippen LogP contribution in [0.4, 0.5) is 20.3 Å². The Morgan fingerprint density at radius 3 is 1.90 bits per heavy atom. The number of fused-ring (bicyclic) bond motifs is 6. The highest BCUT2D eigenvalue weighted by atomic mass is 32.7. The van der Waals surface area contributed by atoms with Crippen molar-refractivity contribution in [2.24, 2.45) is 11.8 Å². The minimum absolute atomic E-state index is 0.0244. The van der Waals surface area contributed by atoms with E-state index in [2.05, 4.69) is 51.2 Å². The van der Waals surface area contributed by atoms with Crippen LogP contribution in [0.5, 0.6) is 11.5 Å². The van der Waals surface area contributed by atoms with Crippen LogP contribution in [-0.4, -0.2) is 270 Å². The largest absolute Gasteiger partial charge is 0.508 e. The summed E-state index contributed by atoms with van der Waals surface area (Å²) in [5, 5.41) is 22.0. The van der Waals surface area contributed by atoms with Crippen LogP contribution in [0.3, 0.4) is 0 Å². The summed E-state index contributed by atoms with van der Waals surface area (Å²) >= 11 is 6.16. The maximum absolute atomic E-state index is 17.0. The molecule has 0 spiro atoms. The number of imidazole rings is 2. The van der Waals surface area contributed by atoms with Crippen molar-refractivity contribution in [2.75, 3.05) is 143 Å². The smallest absolute Gasteiger partial charge is 0.472 e. The molecule has 0 bridgehead atoms. The highest BCUT2D eigenvalue weighted by Crippen LogP contribution is 2.65. The lowest BCUT2D eigenvalue weighted by molar-refractivity contribution is -0.134. The summed E-state index contributed by atoms with van der Waals surface area (Å²) in [6, 6.07) is 19.7. The van der Waals surface area contributed by atoms with E-state index in [-0.39, 0.29) is 211 Å². The number of Topliss-reactive ketones (excluding diaryl/α,β-unsaturated/α-hetero) is 3. The fraction of sp³-hybridized carbons (Fsp3) is 0.488. The Hall–Kier alpha value is -10.3. The van der Waals surface area contributed by atoms with E-state index in [0.29, 0.717) is 106 Å². The maximum Gasteiger partial charge on any atom is 0.472 e. The third kappa shape index (κ3) is 28.4. The number of nitrogens with zero attached hydrogens (tertiary/aromatic N) is 7. The number of H-pyrrole nitrogens is 1. The standard InChI is InChI=1S/C84H101F2N13O29P2S2/c1-49(2)61(81(108)96-50(3)62(105)32-51-8-10-52(11-9-51)43-132-130(112)123-40-67-76(72(85)83(126-67)98-46-94-74-78(87)90-44-91-79(74)98)127-129(110,111)122-39-66-77(128-130)73(86)84(125-66)99-47-95-75-80(99)92-45-93-82(75)109)34-57(104)38-118-29-27-116-23-19-89-68(106)41-119-30-24-113-20-4-6-56(103)37-117-28-26-115-22-18-88-69(107)42-120-31-25-114-21-5-7-70(131)97-53-12-15-58(63(33-53)121-48-100)71-59-16-13-54(101)35-64(59)124-65-36-55(102)14-17-60(65)71/h8-17,33,35-36,44-50,61,66-67,72-73,76-77,83-84,101H,4-7,18-32,34,37-43H2,1-3H3,(H,88,107)(H,89,106)(H,96,108)(H,97,131)(H,110,111)(H2,87,90,91)(H,92,93,109)/t50-,61-,66+,67+,72+,73+,76+,77+,83+,84+,130?/m0/s1. The highest BCUT2D eigenvalue weighted by Gasteiger charge is 2.56. The van der Waals surface area contributed by atoms with Gasteiger partial charge in [-0.05, 0) is 84.6 Å². The number of thiocarbonyl (C=S) groups is 1. The number of nitrogens with one attached hydrogen (secondary N) is 5. The van der Waals surface area contributed by atoms with Gasteiger partial charge in [-0.15, -0.1) is 0 Å². The number of aromatic nitrogens is 8. The number of carbonyl (C=O) groups excluding carboxylic acids is 7. The van der Waals surface area contributed by atoms with Crippen molar-refractivity contribution in [3.05, 3.63) is 136 Å². The number of halogens is 2. The minimum Gasteiger partial charge on any atom is -0.508 e. The molecule has 8 heterocycles. The highest BCUT2D eigenvalue weighted by molar-refractivity contribution is 8.54. The number of aromatic amines is 1. The van der Waals surface area contributed by atoms with E-state index in [0.717, 1.165) is 34.4 Å². The van der Waals surface area contributed by atoms with Crippen molar-refractivity contribution >= 4 is 130 Å². The summed E-state index contributed by atoms with van der Waals surface area (Å²) in [5.41, 5.74) is 8.60. The first-order valence-electron chi connectivity index (χ1n) is 42.1. The van der Waals surface area contributed by atoms with E-state index in [1.54, 1.807) is 68.4 Å². The van der Waals surface area contributed by atoms with E-state index in [1.807, 2.05) is 0 Å². The number of carbonyl (C=O) groups is 7. The van der Waals surface area contributed by atoms with Crippen molar-refractivity contribution in [3.8, 4) is 33.9 Å². The molecule has 132 heavy (non-hydrogen) atoms. The van der Waals surface area contributed by atoms with Gasteiger partial charge in [-0.3, -0.25) is 70.4 Å². The first-order valence-corrected chi connectivity index (χ1v) is 47.1. The van der Waals surface area contributed by atoms with Crippen LogP contribution in [0.2, 0.25) is 0 Å². The molecule has 42 nitrogen and oxygen atoms in total. The zero-order valence-corrected chi connectivity index (χ0v) is 75.3. The number of nitrogens with two attached hydrogens (primary N) is 1. The number of ether oxygens (including phenoxy) is 11. The van der Waals surface area contributed by atoms with Gasteiger partial charge in [-0.2, -0.15) is 0 Å². The molecule has 3 fully saturated rings. The third-order valence-corrected chi connectivity index (χ3v) is 25.7. The molecule has 7 aromatic rings. The van der Waals surface area contributed by atoms with E-state index >= 15 is 13.3 Å². The van der Waals surface area contributed by atoms with Gasteiger partial charge < -0.3 is 98.5 Å². The van der Waals surface area contributed by atoms with Crippen LogP contribution < -0.4 is 42.7 Å². The molecule has 12 atom stereocenters. The Morgan fingerprint density at radius 1 is 0.667 bits per heavy atom. The van der Waals surface area contributed by atoms with Gasteiger partial charge in [0, 0.05) is 110 Å². The molecule has 48 heteroatoms. The van der Waals surface area contributed by atoms with Crippen molar-refractivity contribution in [2.45, 2.75) is 120 Å². The fourth-order valence-electron chi connectivity index (χ4n) is 14.1. The van der Waals surface area contributed by atoms with Crippen LogP contribution in [0.15, 0.2) is 118 Å². The third-order valence-electron chi connectivity index (χ3n) is 20.8. The molecule has 0 saturated carbocycles. The average Bonchev–Trinajstić information content (AvgIpc) is 0.948.